The van der Waals surface area contributed by atoms with Gasteiger partial charge in [-0.3, -0.25) is 0 Å². The lowest BCUT2D eigenvalue weighted by Crippen LogP contribution is -3.00. The molecule has 0 amide bonds. The molecular formula is C11H26ClNO2. The van der Waals surface area contributed by atoms with E-state index in [-0.39, 0.29) is 19.0 Å². The van der Waals surface area contributed by atoms with Crippen molar-refractivity contribution in [3.63, 3.8) is 0 Å². The number of hydrogen-bond donors (Lipinski definition) is 2. The Morgan fingerprint density at radius 3 is 2.20 bits per heavy atom. The average Bonchev–Trinajstić information content (AvgIpc) is 2.12. The summed E-state index contributed by atoms with van der Waals surface area (Å²) >= 11 is 0. The first kappa shape index (κ1) is 17.6. The number of halogens is 1. The molecule has 0 saturated heterocycles. The van der Waals surface area contributed by atoms with Crippen LogP contribution in [0.5, 0.6) is 0 Å². The van der Waals surface area contributed by atoms with Crippen molar-refractivity contribution in [2.24, 2.45) is 0 Å². The molecule has 0 aromatic rings. The molecule has 1 unspecified atom stereocenters. The molecule has 4 heteroatoms. The zero-order valence-corrected chi connectivity index (χ0v) is 11.0. The van der Waals surface area contributed by atoms with Gasteiger partial charge in [0.05, 0.1) is 27.2 Å². The van der Waals surface area contributed by atoms with Gasteiger partial charge >= 0.3 is 0 Å². The van der Waals surface area contributed by atoms with Gasteiger partial charge in [0.1, 0.15) is 12.6 Å². The summed E-state index contributed by atoms with van der Waals surface area (Å²) in [6.07, 6.45) is 4.46. The van der Waals surface area contributed by atoms with Gasteiger partial charge in [-0.2, -0.15) is 0 Å². The molecule has 15 heavy (non-hydrogen) atoms. The number of hydrogen-bond acceptors (Lipinski definition) is 2. The van der Waals surface area contributed by atoms with Crippen LogP contribution in [0.25, 0.3) is 0 Å². The van der Waals surface area contributed by atoms with Crippen molar-refractivity contribution in [1.29, 1.82) is 0 Å². The minimum atomic E-state index is -0.573. The van der Waals surface area contributed by atoms with E-state index in [1.54, 1.807) is 0 Å². The molecule has 0 saturated carbocycles. The Bertz CT molecular complexity index is 143. The average molecular weight is 240 g/mol. The van der Waals surface area contributed by atoms with Gasteiger partial charge in [-0.1, -0.05) is 19.8 Å². The number of unbranched alkanes of at least 4 members (excludes halogenated alkanes) is 3. The van der Waals surface area contributed by atoms with E-state index in [1.165, 1.54) is 25.7 Å². The first-order valence-electron chi connectivity index (χ1n) is 5.62. The summed E-state index contributed by atoms with van der Waals surface area (Å²) in [6.45, 7) is 3.80. The lowest BCUT2D eigenvalue weighted by molar-refractivity contribution is -0.893. The van der Waals surface area contributed by atoms with Crippen molar-refractivity contribution in [3.8, 4) is 0 Å². The fourth-order valence-corrected chi connectivity index (χ4v) is 1.69. The minimum Gasteiger partial charge on any atom is -1.00 e. The SMILES string of the molecule is CCCCCC[N+](C)(C)CC(O)CO.[Cl-]. The molecular weight excluding hydrogens is 214 g/mol. The van der Waals surface area contributed by atoms with Gasteiger partial charge in [0.15, 0.2) is 0 Å². The summed E-state index contributed by atoms with van der Waals surface area (Å²) in [5.41, 5.74) is 0. The van der Waals surface area contributed by atoms with Crippen LogP contribution >= 0.6 is 0 Å². The molecule has 0 radical (unpaired) electrons. The van der Waals surface area contributed by atoms with Gasteiger partial charge in [0.25, 0.3) is 0 Å². The van der Waals surface area contributed by atoms with Crippen molar-refractivity contribution in [2.75, 3.05) is 33.8 Å². The Labute approximate surface area is 100 Å². The van der Waals surface area contributed by atoms with Crippen LogP contribution in [0.4, 0.5) is 0 Å². The summed E-state index contributed by atoms with van der Waals surface area (Å²) in [5.74, 6) is 0. The fourth-order valence-electron chi connectivity index (χ4n) is 1.69. The third-order valence-corrected chi connectivity index (χ3v) is 2.53. The van der Waals surface area contributed by atoms with Gasteiger partial charge in [-0.05, 0) is 12.8 Å². The number of rotatable bonds is 8. The highest BCUT2D eigenvalue weighted by atomic mass is 35.5. The Kier molecular flexibility index (Phi) is 11.0. The zero-order chi connectivity index (χ0) is 11.0. The predicted molar refractivity (Wildman–Crippen MR) is 59.1 cm³/mol. The van der Waals surface area contributed by atoms with Crippen LogP contribution in [0.3, 0.4) is 0 Å². The molecule has 0 heterocycles. The van der Waals surface area contributed by atoms with Crippen molar-refractivity contribution in [3.05, 3.63) is 0 Å². The van der Waals surface area contributed by atoms with Crippen LogP contribution in [0.15, 0.2) is 0 Å². The molecule has 0 bridgehead atoms. The number of quaternary nitrogens is 1. The minimum absolute atomic E-state index is 0. The maximum atomic E-state index is 9.33. The molecule has 94 valence electrons. The Hall–Kier alpha value is 0.170. The van der Waals surface area contributed by atoms with Crippen LogP contribution < -0.4 is 12.4 Å². The van der Waals surface area contributed by atoms with E-state index in [0.717, 1.165) is 11.0 Å². The largest absolute Gasteiger partial charge is 1.00 e. The van der Waals surface area contributed by atoms with Crippen LogP contribution in [0.2, 0.25) is 0 Å². The lowest BCUT2D eigenvalue weighted by atomic mass is 10.2. The van der Waals surface area contributed by atoms with Crippen LogP contribution in [-0.2, 0) is 0 Å². The molecule has 0 fully saturated rings. The molecule has 1 atom stereocenters. The molecule has 0 aromatic heterocycles. The van der Waals surface area contributed by atoms with Crippen molar-refractivity contribution < 1.29 is 27.1 Å². The van der Waals surface area contributed by atoms with E-state index in [2.05, 4.69) is 21.0 Å². The normalized spacial score (nSPS) is 13.4. The maximum absolute atomic E-state index is 9.33. The second kappa shape index (κ2) is 9.40. The van der Waals surface area contributed by atoms with Crippen LogP contribution in [-0.4, -0.2) is 54.6 Å². The monoisotopic (exact) mass is 239 g/mol. The zero-order valence-electron chi connectivity index (χ0n) is 10.2. The predicted octanol–water partition coefficient (Wildman–Crippen LogP) is -2.00. The van der Waals surface area contributed by atoms with E-state index in [9.17, 15) is 5.11 Å². The van der Waals surface area contributed by atoms with E-state index in [4.69, 9.17) is 5.11 Å². The molecule has 2 N–H and O–H groups in total. The first-order valence-corrected chi connectivity index (χ1v) is 5.62. The summed E-state index contributed by atoms with van der Waals surface area (Å²) in [5, 5.41) is 18.1. The Balaban J connectivity index is 0. The topological polar surface area (TPSA) is 40.5 Å². The smallest absolute Gasteiger partial charge is 0.126 e. The quantitative estimate of drug-likeness (QED) is 0.380. The van der Waals surface area contributed by atoms with Gasteiger partial charge < -0.3 is 27.1 Å². The molecule has 0 aliphatic heterocycles. The van der Waals surface area contributed by atoms with E-state index >= 15 is 0 Å². The Morgan fingerprint density at radius 1 is 1.13 bits per heavy atom. The maximum Gasteiger partial charge on any atom is 0.126 e. The van der Waals surface area contributed by atoms with Crippen molar-refractivity contribution in [2.45, 2.75) is 38.7 Å². The number of aliphatic hydroxyl groups is 2. The fraction of sp³-hybridized carbons (Fsp3) is 1.00. The summed E-state index contributed by atoms with van der Waals surface area (Å²) in [7, 11) is 4.20. The highest BCUT2D eigenvalue weighted by molar-refractivity contribution is 4.50. The lowest BCUT2D eigenvalue weighted by Gasteiger charge is -2.31. The van der Waals surface area contributed by atoms with E-state index in [1.807, 2.05) is 0 Å². The van der Waals surface area contributed by atoms with Crippen LogP contribution in [0, 0.1) is 0 Å². The molecule has 0 spiro atoms. The van der Waals surface area contributed by atoms with Crippen LogP contribution in [0.1, 0.15) is 32.6 Å². The molecule has 0 aromatic carbocycles. The number of likely N-dealkylation sites (N-methyl/N-ethyl adjacent to an activating group) is 1. The third kappa shape index (κ3) is 10.5. The number of aliphatic hydroxyl groups excluding tert-OH is 2. The number of nitrogens with zero attached hydrogens (tertiary/aromatic N) is 1. The van der Waals surface area contributed by atoms with Crippen molar-refractivity contribution >= 4 is 0 Å². The highest BCUT2D eigenvalue weighted by Crippen LogP contribution is 2.06. The Morgan fingerprint density at radius 2 is 1.73 bits per heavy atom. The highest BCUT2D eigenvalue weighted by Gasteiger charge is 2.19. The van der Waals surface area contributed by atoms with Gasteiger partial charge in [0.2, 0.25) is 0 Å². The molecule has 0 aliphatic carbocycles. The van der Waals surface area contributed by atoms with Crippen molar-refractivity contribution in [1.82, 2.24) is 0 Å². The van der Waals surface area contributed by atoms with E-state index < -0.39 is 6.10 Å². The summed E-state index contributed by atoms with van der Waals surface area (Å²) in [4.78, 5) is 0. The van der Waals surface area contributed by atoms with Gasteiger partial charge in [0, 0.05) is 0 Å². The summed E-state index contributed by atoms with van der Waals surface area (Å²) < 4.78 is 0.797. The van der Waals surface area contributed by atoms with Gasteiger partial charge in [-0.15, -0.1) is 0 Å². The molecule has 0 aliphatic rings. The summed E-state index contributed by atoms with van der Waals surface area (Å²) in [6, 6.07) is 0. The third-order valence-electron chi connectivity index (χ3n) is 2.53. The van der Waals surface area contributed by atoms with E-state index in [0.29, 0.717) is 6.54 Å². The van der Waals surface area contributed by atoms with Gasteiger partial charge in [-0.25, -0.2) is 0 Å². The second-order valence-electron chi connectivity index (χ2n) is 4.74. The standard InChI is InChI=1S/C11H26NO2.ClH/c1-4-5-6-7-8-12(2,3)9-11(14)10-13;/h11,13-14H,4-10H2,1-3H3;1H/q+1;/p-1. The second-order valence-corrected chi connectivity index (χ2v) is 4.74. The molecule has 0 rings (SSSR count). The first-order chi connectivity index (χ1) is 6.52. The molecule has 3 nitrogen and oxygen atoms in total.